The normalized spacial score (nSPS) is 9.60. The molecular formula is C5H12Cl2N2Pt+2. The Bertz CT molecular complexity index is 63.6. The quantitative estimate of drug-likeness (QED) is 0.588. The molecule has 0 saturated carbocycles. The van der Waals surface area contributed by atoms with Crippen molar-refractivity contribution in [3.05, 3.63) is 0 Å². The maximum atomic E-state index is 5.32. The number of hydrogen-bond donors (Lipinski definition) is 1. The predicted molar refractivity (Wildman–Crippen MR) is 41.6 cm³/mol. The van der Waals surface area contributed by atoms with Gasteiger partial charge in [-0.3, -0.25) is 0 Å². The number of nitrogens with zero attached hydrogens (tertiary/aromatic N) is 1. The van der Waals surface area contributed by atoms with Crippen LogP contribution in [0.2, 0.25) is 0 Å². The van der Waals surface area contributed by atoms with Gasteiger partial charge in [-0.05, 0) is 36.5 Å². The van der Waals surface area contributed by atoms with Crippen LogP contribution in [0.15, 0.2) is 0 Å². The number of hydrogen-bond acceptors (Lipinski definition) is 2. The molecule has 5 heteroatoms. The maximum absolute atomic E-state index is 5.32. The van der Waals surface area contributed by atoms with Crippen molar-refractivity contribution in [3.8, 4) is 0 Å². The summed E-state index contributed by atoms with van der Waals surface area (Å²) in [5, 5.41) is 3.16. The third kappa shape index (κ3) is 11.9. The molecule has 64 valence electrons. The van der Waals surface area contributed by atoms with Crippen LogP contribution >= 0.6 is 23.6 Å². The van der Waals surface area contributed by atoms with Crippen LogP contribution in [-0.2, 0) is 21.1 Å². The molecule has 0 spiro atoms. The summed E-state index contributed by atoms with van der Waals surface area (Å²) >= 11 is 10.6. The van der Waals surface area contributed by atoms with Crippen LogP contribution in [0, 0.1) is 0 Å². The van der Waals surface area contributed by atoms with E-state index in [1.54, 1.807) is 0 Å². The largest absolute Gasteiger partial charge is 2.00 e. The molecule has 0 amide bonds. The van der Waals surface area contributed by atoms with E-state index in [1.165, 1.54) is 0 Å². The first-order valence-corrected chi connectivity index (χ1v) is 3.74. The van der Waals surface area contributed by atoms with Crippen molar-refractivity contribution in [2.24, 2.45) is 0 Å². The van der Waals surface area contributed by atoms with Gasteiger partial charge < -0.3 is 5.32 Å². The summed E-state index contributed by atoms with van der Waals surface area (Å²) in [4.78, 5) is 0. The summed E-state index contributed by atoms with van der Waals surface area (Å²) in [5.41, 5.74) is 0. The summed E-state index contributed by atoms with van der Waals surface area (Å²) in [6.45, 7) is 4.66. The third-order valence-corrected chi connectivity index (χ3v) is 1.22. The fourth-order valence-corrected chi connectivity index (χ4v) is 0.634. The molecule has 0 heterocycles. The summed E-state index contributed by atoms with van der Waals surface area (Å²) < 4.78 is 1.13. The summed E-state index contributed by atoms with van der Waals surface area (Å²) in [5.74, 6) is 0. The van der Waals surface area contributed by atoms with Gasteiger partial charge in [-0.25, -0.2) is 0 Å². The Morgan fingerprint density at radius 1 is 1.30 bits per heavy atom. The minimum atomic E-state index is 0. The van der Waals surface area contributed by atoms with E-state index in [-0.39, 0.29) is 21.1 Å². The summed E-state index contributed by atoms with van der Waals surface area (Å²) in [6, 6.07) is 0. The molecule has 0 atom stereocenters. The average Bonchev–Trinajstić information content (AvgIpc) is 1.80. The van der Waals surface area contributed by atoms with Gasteiger partial charge in [0.25, 0.3) is 0 Å². The Kier molecular flexibility index (Phi) is 14.0. The Morgan fingerprint density at radius 3 is 2.30 bits per heavy atom. The first kappa shape index (κ1) is 13.8. The van der Waals surface area contributed by atoms with Gasteiger partial charge in [0.1, 0.15) is 0 Å². The molecule has 0 aromatic heterocycles. The molecular weight excluding hydrogens is 354 g/mol. The first-order valence-electron chi connectivity index (χ1n) is 3.07. The SMILES string of the molecule is CCCNCCN(Cl)Cl.[Pt+2]. The molecule has 0 aliphatic carbocycles. The topological polar surface area (TPSA) is 15.3 Å². The van der Waals surface area contributed by atoms with Crippen LogP contribution in [0.25, 0.3) is 0 Å². The Hall–Kier alpha value is 1.19. The molecule has 0 unspecified atom stereocenters. The number of rotatable bonds is 5. The van der Waals surface area contributed by atoms with E-state index in [2.05, 4.69) is 12.2 Å². The average molecular weight is 366 g/mol. The monoisotopic (exact) mass is 365 g/mol. The standard InChI is InChI=1S/C5H12Cl2N2.Pt/c1-2-3-8-4-5-9(6)7;/h8H,2-5H2,1H3;/q;+2. The smallest absolute Gasteiger partial charge is 0.315 e. The molecule has 0 rings (SSSR count). The van der Waals surface area contributed by atoms with E-state index in [0.29, 0.717) is 6.54 Å². The van der Waals surface area contributed by atoms with Crippen LogP contribution < -0.4 is 5.32 Å². The van der Waals surface area contributed by atoms with Gasteiger partial charge in [0.05, 0.1) is 0 Å². The van der Waals surface area contributed by atoms with E-state index >= 15 is 0 Å². The summed E-state index contributed by atoms with van der Waals surface area (Å²) in [6.07, 6.45) is 1.14. The second-order valence-electron chi connectivity index (χ2n) is 1.78. The van der Waals surface area contributed by atoms with Gasteiger partial charge in [-0.15, -0.1) is 3.94 Å². The van der Waals surface area contributed by atoms with E-state index in [0.717, 1.165) is 23.4 Å². The molecule has 0 aromatic rings. The van der Waals surface area contributed by atoms with Crippen LogP contribution in [0.4, 0.5) is 0 Å². The van der Waals surface area contributed by atoms with Gasteiger partial charge in [-0.2, -0.15) is 0 Å². The van der Waals surface area contributed by atoms with E-state index in [4.69, 9.17) is 23.6 Å². The van der Waals surface area contributed by atoms with Crippen molar-refractivity contribution < 1.29 is 21.1 Å². The van der Waals surface area contributed by atoms with Gasteiger partial charge in [0.15, 0.2) is 0 Å². The zero-order valence-corrected chi connectivity index (χ0v) is 9.63. The van der Waals surface area contributed by atoms with Crippen LogP contribution in [-0.4, -0.2) is 23.6 Å². The number of halogens is 2. The predicted octanol–water partition coefficient (Wildman–Crippen LogP) is 1.59. The second-order valence-corrected chi connectivity index (χ2v) is 2.77. The molecule has 0 radical (unpaired) electrons. The van der Waals surface area contributed by atoms with Gasteiger partial charge >= 0.3 is 21.1 Å². The van der Waals surface area contributed by atoms with Gasteiger partial charge in [0, 0.05) is 13.1 Å². The van der Waals surface area contributed by atoms with E-state index < -0.39 is 0 Å². The second kappa shape index (κ2) is 10.2. The minimum absolute atomic E-state index is 0. The van der Waals surface area contributed by atoms with Crippen molar-refractivity contribution in [2.75, 3.05) is 19.6 Å². The fraction of sp³-hybridized carbons (Fsp3) is 1.00. The van der Waals surface area contributed by atoms with Crippen molar-refractivity contribution in [1.29, 1.82) is 0 Å². The zero-order chi connectivity index (χ0) is 7.11. The van der Waals surface area contributed by atoms with Crippen LogP contribution in [0.5, 0.6) is 0 Å². The van der Waals surface area contributed by atoms with Crippen molar-refractivity contribution in [3.63, 3.8) is 0 Å². The Balaban J connectivity index is 0. The minimum Gasteiger partial charge on any atom is -0.315 e. The van der Waals surface area contributed by atoms with Crippen molar-refractivity contribution in [2.45, 2.75) is 13.3 Å². The van der Waals surface area contributed by atoms with Crippen molar-refractivity contribution in [1.82, 2.24) is 9.25 Å². The summed E-state index contributed by atoms with van der Waals surface area (Å²) in [7, 11) is 0. The first-order chi connectivity index (χ1) is 4.27. The van der Waals surface area contributed by atoms with Crippen LogP contribution in [0.3, 0.4) is 0 Å². The number of nitrogens with one attached hydrogen (secondary N) is 1. The fourth-order valence-electron chi connectivity index (χ4n) is 0.465. The molecule has 0 saturated heterocycles. The molecule has 2 nitrogen and oxygen atoms in total. The molecule has 0 bridgehead atoms. The maximum Gasteiger partial charge on any atom is 2.00 e. The Labute approximate surface area is 86.7 Å². The van der Waals surface area contributed by atoms with Gasteiger partial charge in [-0.1, -0.05) is 6.92 Å². The van der Waals surface area contributed by atoms with E-state index in [1.807, 2.05) is 0 Å². The zero-order valence-electron chi connectivity index (χ0n) is 5.85. The van der Waals surface area contributed by atoms with Crippen molar-refractivity contribution >= 4 is 23.6 Å². The molecule has 10 heavy (non-hydrogen) atoms. The van der Waals surface area contributed by atoms with Crippen LogP contribution in [0.1, 0.15) is 13.3 Å². The van der Waals surface area contributed by atoms with Gasteiger partial charge in [0.2, 0.25) is 0 Å². The molecule has 0 fully saturated rings. The molecule has 0 aromatic carbocycles. The third-order valence-electron chi connectivity index (χ3n) is 0.884. The Morgan fingerprint density at radius 2 is 1.90 bits per heavy atom. The molecule has 1 N–H and O–H groups in total. The van der Waals surface area contributed by atoms with E-state index in [9.17, 15) is 0 Å². The molecule has 0 aliphatic heterocycles. The molecule has 0 aliphatic rings.